The Kier molecular flexibility index (Phi) is 2.47. The third-order valence-corrected chi connectivity index (χ3v) is 4.52. The molecule has 0 aromatic heterocycles. The number of urea groups is 1. The van der Waals surface area contributed by atoms with Crippen LogP contribution in [0.15, 0.2) is 0 Å². The molecule has 4 amide bonds. The third-order valence-electron chi connectivity index (χ3n) is 4.52. The molecular formula is C13H18N2O3. The summed E-state index contributed by atoms with van der Waals surface area (Å²) in [4.78, 5) is 37.4. The van der Waals surface area contributed by atoms with Gasteiger partial charge in [0.2, 0.25) is 11.8 Å². The predicted molar refractivity (Wildman–Crippen MR) is 63.5 cm³/mol. The highest BCUT2D eigenvalue weighted by atomic mass is 16.2. The second kappa shape index (κ2) is 3.80. The average molecular weight is 250 g/mol. The SMILES string of the molecule is CC(CC1CC1)N1C(=O)NC(=O)C2(CCC2)C1=O. The first-order chi connectivity index (χ1) is 8.54. The lowest BCUT2D eigenvalue weighted by molar-refractivity contribution is -0.159. The molecule has 0 bridgehead atoms. The van der Waals surface area contributed by atoms with E-state index in [-0.39, 0.29) is 11.9 Å². The number of hydrogen-bond acceptors (Lipinski definition) is 3. The second-order valence-electron chi connectivity index (χ2n) is 5.90. The van der Waals surface area contributed by atoms with Gasteiger partial charge in [0.1, 0.15) is 5.41 Å². The molecule has 1 N–H and O–H groups in total. The fraction of sp³-hybridized carbons (Fsp3) is 0.769. The Bertz CT molecular complexity index is 424. The fourth-order valence-electron chi connectivity index (χ4n) is 3.01. The van der Waals surface area contributed by atoms with Crippen LogP contribution in [0.1, 0.15) is 45.4 Å². The molecule has 0 radical (unpaired) electrons. The first-order valence-electron chi connectivity index (χ1n) is 6.74. The molecule has 5 nitrogen and oxygen atoms in total. The molecule has 3 rings (SSSR count). The Labute approximate surface area is 106 Å². The highest BCUT2D eigenvalue weighted by Crippen LogP contribution is 2.45. The molecule has 1 aliphatic heterocycles. The number of imide groups is 2. The van der Waals surface area contributed by atoms with E-state index >= 15 is 0 Å². The standard InChI is InChI=1S/C13H18N2O3/c1-8(7-9-3-4-9)15-11(17)13(5-2-6-13)10(16)14-12(15)18/h8-9H,2-7H2,1H3,(H,14,16,18). The molecule has 1 unspecified atom stereocenters. The number of hydrogen-bond donors (Lipinski definition) is 1. The summed E-state index contributed by atoms with van der Waals surface area (Å²) in [5.74, 6) is -0.00941. The van der Waals surface area contributed by atoms with E-state index in [0.717, 1.165) is 12.8 Å². The van der Waals surface area contributed by atoms with Gasteiger partial charge >= 0.3 is 6.03 Å². The van der Waals surface area contributed by atoms with Gasteiger partial charge in [0.05, 0.1) is 0 Å². The van der Waals surface area contributed by atoms with Crippen LogP contribution in [0.2, 0.25) is 0 Å². The van der Waals surface area contributed by atoms with E-state index in [1.165, 1.54) is 17.7 Å². The van der Waals surface area contributed by atoms with Gasteiger partial charge in [-0.2, -0.15) is 0 Å². The molecule has 5 heteroatoms. The summed E-state index contributed by atoms with van der Waals surface area (Å²) in [6.07, 6.45) is 5.30. The van der Waals surface area contributed by atoms with Crippen LogP contribution in [0.4, 0.5) is 4.79 Å². The van der Waals surface area contributed by atoms with Crippen LogP contribution in [0.5, 0.6) is 0 Å². The van der Waals surface area contributed by atoms with Crippen molar-refractivity contribution >= 4 is 17.8 Å². The van der Waals surface area contributed by atoms with Crippen LogP contribution >= 0.6 is 0 Å². The molecule has 0 aromatic carbocycles. The number of carbonyl (C=O) groups is 3. The number of barbiturate groups is 1. The zero-order valence-corrected chi connectivity index (χ0v) is 10.6. The summed E-state index contributed by atoms with van der Waals surface area (Å²) < 4.78 is 0. The minimum absolute atomic E-state index is 0.101. The Morgan fingerprint density at radius 3 is 2.50 bits per heavy atom. The summed E-state index contributed by atoms with van der Waals surface area (Å²) in [5.41, 5.74) is -0.925. The summed E-state index contributed by atoms with van der Waals surface area (Å²) in [6, 6.07) is -0.633. The van der Waals surface area contributed by atoms with Gasteiger partial charge in [-0.05, 0) is 32.1 Å². The van der Waals surface area contributed by atoms with Crippen molar-refractivity contribution in [1.82, 2.24) is 10.2 Å². The molecule has 3 fully saturated rings. The van der Waals surface area contributed by atoms with Crippen LogP contribution in [0.3, 0.4) is 0 Å². The van der Waals surface area contributed by atoms with Crippen molar-refractivity contribution in [2.24, 2.45) is 11.3 Å². The Morgan fingerprint density at radius 1 is 1.33 bits per heavy atom. The molecule has 0 aromatic rings. The van der Waals surface area contributed by atoms with Crippen molar-refractivity contribution in [3.8, 4) is 0 Å². The summed E-state index contributed by atoms with van der Waals surface area (Å²) in [6.45, 7) is 1.90. The van der Waals surface area contributed by atoms with Crippen LogP contribution in [0.25, 0.3) is 0 Å². The van der Waals surface area contributed by atoms with Crippen LogP contribution in [-0.4, -0.2) is 28.8 Å². The van der Waals surface area contributed by atoms with Gasteiger partial charge in [-0.3, -0.25) is 19.8 Å². The monoisotopic (exact) mass is 250 g/mol. The summed E-state index contributed by atoms with van der Waals surface area (Å²) in [5, 5.41) is 2.35. The highest BCUT2D eigenvalue weighted by molar-refractivity contribution is 6.19. The Morgan fingerprint density at radius 2 is 2.00 bits per heavy atom. The van der Waals surface area contributed by atoms with Crippen molar-refractivity contribution in [3.05, 3.63) is 0 Å². The smallest absolute Gasteiger partial charge is 0.277 e. The van der Waals surface area contributed by atoms with Crippen LogP contribution in [-0.2, 0) is 9.59 Å². The fourth-order valence-corrected chi connectivity index (χ4v) is 3.01. The van der Waals surface area contributed by atoms with E-state index in [9.17, 15) is 14.4 Å². The largest absolute Gasteiger partial charge is 0.331 e. The molecular weight excluding hydrogens is 232 g/mol. The molecule has 1 heterocycles. The maximum absolute atomic E-state index is 12.4. The zero-order chi connectivity index (χ0) is 12.9. The normalized spacial score (nSPS) is 28.1. The van der Waals surface area contributed by atoms with Crippen molar-refractivity contribution < 1.29 is 14.4 Å². The second-order valence-corrected chi connectivity index (χ2v) is 5.90. The minimum Gasteiger partial charge on any atom is -0.277 e. The summed E-state index contributed by atoms with van der Waals surface area (Å²) in [7, 11) is 0. The van der Waals surface area contributed by atoms with E-state index < -0.39 is 17.4 Å². The van der Waals surface area contributed by atoms with Gasteiger partial charge in [-0.25, -0.2) is 4.79 Å². The predicted octanol–water partition coefficient (Wildman–Crippen LogP) is 1.42. The molecule has 1 spiro atoms. The van der Waals surface area contributed by atoms with Crippen LogP contribution in [0, 0.1) is 11.3 Å². The molecule has 1 atom stereocenters. The zero-order valence-electron chi connectivity index (χ0n) is 10.6. The lowest BCUT2D eigenvalue weighted by Crippen LogP contribution is -2.67. The first-order valence-corrected chi connectivity index (χ1v) is 6.74. The van der Waals surface area contributed by atoms with E-state index in [0.29, 0.717) is 18.8 Å². The van der Waals surface area contributed by atoms with Crippen molar-refractivity contribution in [2.75, 3.05) is 0 Å². The number of amides is 4. The van der Waals surface area contributed by atoms with Gasteiger partial charge in [0.15, 0.2) is 0 Å². The van der Waals surface area contributed by atoms with E-state index in [1.807, 2.05) is 6.92 Å². The lowest BCUT2D eigenvalue weighted by atomic mass is 9.66. The number of rotatable bonds is 3. The first kappa shape index (κ1) is 11.7. The van der Waals surface area contributed by atoms with E-state index in [4.69, 9.17) is 0 Å². The average Bonchev–Trinajstić information content (AvgIpc) is 2.98. The molecule has 2 saturated carbocycles. The maximum Gasteiger partial charge on any atom is 0.331 e. The maximum atomic E-state index is 12.4. The molecule has 1 saturated heterocycles. The summed E-state index contributed by atoms with van der Waals surface area (Å²) >= 11 is 0. The van der Waals surface area contributed by atoms with Gasteiger partial charge in [-0.15, -0.1) is 0 Å². The number of carbonyl (C=O) groups excluding carboxylic acids is 3. The Hall–Kier alpha value is -1.39. The molecule has 18 heavy (non-hydrogen) atoms. The third kappa shape index (κ3) is 1.56. The van der Waals surface area contributed by atoms with Crippen molar-refractivity contribution in [1.29, 1.82) is 0 Å². The molecule has 98 valence electrons. The van der Waals surface area contributed by atoms with Gasteiger partial charge < -0.3 is 0 Å². The van der Waals surface area contributed by atoms with Crippen molar-refractivity contribution in [3.63, 3.8) is 0 Å². The van der Waals surface area contributed by atoms with Gasteiger partial charge in [0.25, 0.3) is 0 Å². The molecule has 2 aliphatic carbocycles. The minimum atomic E-state index is -0.925. The van der Waals surface area contributed by atoms with Crippen LogP contribution < -0.4 is 5.32 Å². The number of nitrogens with one attached hydrogen (secondary N) is 1. The quantitative estimate of drug-likeness (QED) is 0.770. The van der Waals surface area contributed by atoms with E-state index in [1.54, 1.807) is 0 Å². The van der Waals surface area contributed by atoms with E-state index in [2.05, 4.69) is 5.32 Å². The topological polar surface area (TPSA) is 66.5 Å². The van der Waals surface area contributed by atoms with Gasteiger partial charge in [0, 0.05) is 6.04 Å². The Balaban J connectivity index is 1.81. The lowest BCUT2D eigenvalue weighted by Gasteiger charge is -2.46. The highest BCUT2D eigenvalue weighted by Gasteiger charge is 2.58. The van der Waals surface area contributed by atoms with Gasteiger partial charge in [-0.1, -0.05) is 19.3 Å². The number of nitrogens with zero attached hydrogens (tertiary/aromatic N) is 1. The molecule has 3 aliphatic rings. The van der Waals surface area contributed by atoms with Crippen molar-refractivity contribution in [2.45, 2.75) is 51.5 Å².